The minimum absolute atomic E-state index is 0.0171. The van der Waals surface area contributed by atoms with Crippen molar-refractivity contribution in [2.45, 2.75) is 0 Å². The van der Waals surface area contributed by atoms with E-state index in [9.17, 15) is 10.3 Å². The monoisotopic (exact) mass is 334 g/mol. The Labute approximate surface area is 146 Å². The lowest BCUT2D eigenvalue weighted by atomic mass is 10.0. The minimum atomic E-state index is 0.0171. The number of aromatic hydroxyl groups is 1. The highest BCUT2D eigenvalue weighted by molar-refractivity contribution is 6.14. The van der Waals surface area contributed by atoms with E-state index in [1.165, 1.54) is 13.2 Å². The van der Waals surface area contributed by atoms with Gasteiger partial charge in [0.15, 0.2) is 0 Å². The molecular weight excluding hydrogens is 316 g/mol. The fraction of sp³-hybridized carbons (Fsp3) is 0.0500. The second-order valence-corrected chi connectivity index (χ2v) is 5.32. The van der Waals surface area contributed by atoms with Crippen LogP contribution in [0.3, 0.4) is 0 Å². The van der Waals surface area contributed by atoms with Crippen LogP contribution < -0.4 is 9.91 Å². The molecule has 5 nitrogen and oxygen atoms in total. The van der Waals surface area contributed by atoms with Gasteiger partial charge in [0.05, 0.1) is 12.8 Å². The third-order valence-electron chi connectivity index (χ3n) is 3.69. The van der Waals surface area contributed by atoms with Crippen molar-refractivity contribution in [3.8, 4) is 11.5 Å². The Kier molecular flexibility index (Phi) is 4.97. The zero-order valence-electron chi connectivity index (χ0n) is 13.7. The maximum atomic E-state index is 10.4. The second kappa shape index (κ2) is 7.51. The summed E-state index contributed by atoms with van der Waals surface area (Å²) in [7, 11) is 1.53. The number of hydrazone groups is 1. The fourth-order valence-electron chi connectivity index (χ4n) is 2.42. The van der Waals surface area contributed by atoms with E-state index < -0.39 is 0 Å². The molecule has 0 aliphatic heterocycles. The normalized spacial score (nSPS) is 11.2. The first kappa shape index (κ1) is 16.5. The summed E-state index contributed by atoms with van der Waals surface area (Å²) < 4.78 is 5.13. The largest absolute Gasteiger partial charge is 0.507 e. The van der Waals surface area contributed by atoms with Crippen LogP contribution in [0.2, 0.25) is 0 Å². The van der Waals surface area contributed by atoms with Gasteiger partial charge in [-0.1, -0.05) is 48.5 Å². The first-order chi connectivity index (χ1) is 12.2. The average molecular weight is 334 g/mol. The summed E-state index contributed by atoms with van der Waals surface area (Å²) in [5.41, 5.74) is 2.20. The fourth-order valence-corrected chi connectivity index (χ4v) is 2.42. The molecule has 3 aromatic carbocycles. The summed E-state index contributed by atoms with van der Waals surface area (Å²) in [5.74, 6) is 0.556. The molecule has 0 aliphatic rings. The molecule has 126 valence electrons. The number of phenols is 1. The number of ether oxygens (including phenoxy) is 1. The number of nitrogens with zero attached hydrogens (tertiary/aromatic N) is 2. The summed E-state index contributed by atoms with van der Waals surface area (Å²) in [4.78, 5) is 0. The maximum absolute atomic E-state index is 10.4. The number of rotatable bonds is 5. The highest BCUT2D eigenvalue weighted by atomic mass is 16.5. The van der Waals surface area contributed by atoms with Gasteiger partial charge in [-0.25, -0.2) is 0 Å². The quantitative estimate of drug-likeness (QED) is 0.546. The SMILES string of the molecule is COc1ccc(C(=NN(O)c2ccccc2)c2ccccc2)c(O)c1. The van der Waals surface area contributed by atoms with Crippen molar-refractivity contribution >= 4 is 11.4 Å². The Morgan fingerprint density at radius 2 is 1.56 bits per heavy atom. The van der Waals surface area contributed by atoms with Gasteiger partial charge in [-0.05, 0) is 24.3 Å². The number of para-hydroxylation sites is 1. The van der Waals surface area contributed by atoms with Crippen LogP contribution in [0.4, 0.5) is 5.69 Å². The first-order valence-electron chi connectivity index (χ1n) is 7.74. The van der Waals surface area contributed by atoms with E-state index in [1.54, 1.807) is 36.4 Å². The zero-order valence-corrected chi connectivity index (χ0v) is 13.7. The Balaban J connectivity index is 2.09. The Hall–Kier alpha value is -3.31. The van der Waals surface area contributed by atoms with E-state index in [-0.39, 0.29) is 5.75 Å². The summed E-state index contributed by atoms with van der Waals surface area (Å²) in [6, 6.07) is 23.3. The van der Waals surface area contributed by atoms with Crippen LogP contribution in [0.5, 0.6) is 11.5 Å². The van der Waals surface area contributed by atoms with Crippen LogP contribution >= 0.6 is 0 Å². The van der Waals surface area contributed by atoms with Gasteiger partial charge in [0, 0.05) is 17.2 Å². The number of methoxy groups -OCH3 is 1. The lowest BCUT2D eigenvalue weighted by Gasteiger charge is -2.15. The lowest BCUT2D eigenvalue weighted by molar-refractivity contribution is 0.260. The summed E-state index contributed by atoms with van der Waals surface area (Å²) >= 11 is 0. The van der Waals surface area contributed by atoms with Gasteiger partial charge >= 0.3 is 0 Å². The maximum Gasteiger partial charge on any atom is 0.128 e. The van der Waals surface area contributed by atoms with Gasteiger partial charge in [-0.3, -0.25) is 5.21 Å². The molecule has 2 N–H and O–H groups in total. The van der Waals surface area contributed by atoms with Crippen LogP contribution in [0.1, 0.15) is 11.1 Å². The molecule has 0 amide bonds. The molecule has 0 aliphatic carbocycles. The van der Waals surface area contributed by atoms with Gasteiger partial charge in [-0.2, -0.15) is 0 Å². The Morgan fingerprint density at radius 3 is 2.16 bits per heavy atom. The molecule has 5 heteroatoms. The number of hydrogen-bond acceptors (Lipinski definition) is 5. The first-order valence-corrected chi connectivity index (χ1v) is 7.74. The third-order valence-corrected chi connectivity index (χ3v) is 3.69. The van der Waals surface area contributed by atoms with Crippen molar-refractivity contribution in [1.82, 2.24) is 0 Å². The zero-order chi connectivity index (χ0) is 17.6. The van der Waals surface area contributed by atoms with Gasteiger partial charge < -0.3 is 9.84 Å². The van der Waals surface area contributed by atoms with Crippen molar-refractivity contribution < 1.29 is 15.1 Å². The predicted octanol–water partition coefficient (Wildman–Crippen LogP) is 4.05. The van der Waals surface area contributed by atoms with E-state index in [0.29, 0.717) is 22.7 Å². The Morgan fingerprint density at radius 1 is 0.920 bits per heavy atom. The van der Waals surface area contributed by atoms with Crippen LogP contribution in [0.15, 0.2) is 84.0 Å². The highest BCUT2D eigenvalue weighted by Gasteiger charge is 2.14. The summed E-state index contributed by atoms with van der Waals surface area (Å²) in [5, 5.41) is 25.8. The molecule has 0 aromatic heterocycles. The van der Waals surface area contributed by atoms with Gasteiger partial charge in [-0.15, -0.1) is 10.3 Å². The summed E-state index contributed by atoms with van der Waals surface area (Å²) in [6.07, 6.45) is 0. The number of phenolic OH excluding ortho intramolecular Hbond substituents is 1. The van der Waals surface area contributed by atoms with Crippen molar-refractivity contribution in [2.75, 3.05) is 12.3 Å². The van der Waals surface area contributed by atoms with Crippen LogP contribution in [-0.4, -0.2) is 23.1 Å². The molecule has 3 rings (SSSR count). The third kappa shape index (κ3) is 3.79. The van der Waals surface area contributed by atoms with E-state index in [1.807, 2.05) is 36.4 Å². The van der Waals surface area contributed by atoms with E-state index in [2.05, 4.69) is 5.10 Å². The number of hydrogen-bond donors (Lipinski definition) is 2. The van der Waals surface area contributed by atoms with Crippen molar-refractivity contribution in [3.63, 3.8) is 0 Å². The van der Waals surface area contributed by atoms with Gasteiger partial charge in [0.1, 0.15) is 17.2 Å². The number of benzene rings is 3. The van der Waals surface area contributed by atoms with E-state index in [4.69, 9.17) is 4.74 Å². The molecule has 0 fully saturated rings. The lowest BCUT2D eigenvalue weighted by Crippen LogP contribution is -2.16. The molecule has 0 atom stereocenters. The van der Waals surface area contributed by atoms with Gasteiger partial charge in [0.2, 0.25) is 0 Å². The highest BCUT2D eigenvalue weighted by Crippen LogP contribution is 2.27. The second-order valence-electron chi connectivity index (χ2n) is 5.32. The molecule has 0 heterocycles. The Bertz CT molecular complexity index is 865. The molecule has 0 bridgehead atoms. The summed E-state index contributed by atoms with van der Waals surface area (Å²) in [6.45, 7) is 0. The van der Waals surface area contributed by atoms with Crippen LogP contribution in [-0.2, 0) is 0 Å². The molecule has 0 saturated heterocycles. The van der Waals surface area contributed by atoms with Crippen molar-refractivity contribution in [1.29, 1.82) is 0 Å². The standard InChI is InChI=1S/C20H18N2O3/c1-25-17-12-13-18(19(23)14-17)20(15-8-4-2-5-9-15)21-22(24)16-10-6-3-7-11-16/h2-14,23-24H,1H3. The molecule has 0 spiro atoms. The number of anilines is 1. The van der Waals surface area contributed by atoms with E-state index in [0.717, 1.165) is 10.7 Å². The van der Waals surface area contributed by atoms with Gasteiger partial charge in [0.25, 0.3) is 0 Å². The smallest absolute Gasteiger partial charge is 0.128 e. The van der Waals surface area contributed by atoms with Crippen molar-refractivity contribution in [2.24, 2.45) is 5.10 Å². The molecule has 0 radical (unpaired) electrons. The molecule has 3 aromatic rings. The molecule has 0 unspecified atom stereocenters. The van der Waals surface area contributed by atoms with Crippen LogP contribution in [0.25, 0.3) is 0 Å². The van der Waals surface area contributed by atoms with E-state index >= 15 is 0 Å². The predicted molar refractivity (Wildman–Crippen MR) is 97.4 cm³/mol. The minimum Gasteiger partial charge on any atom is -0.507 e. The molecule has 25 heavy (non-hydrogen) atoms. The molecular formula is C20H18N2O3. The van der Waals surface area contributed by atoms with Crippen LogP contribution in [0, 0.1) is 0 Å². The molecule has 0 saturated carbocycles. The average Bonchev–Trinajstić information content (AvgIpc) is 2.67. The topological polar surface area (TPSA) is 65.3 Å². The van der Waals surface area contributed by atoms with Crippen molar-refractivity contribution in [3.05, 3.63) is 90.0 Å².